The van der Waals surface area contributed by atoms with Crippen LogP contribution in [0.4, 0.5) is 0 Å². The normalized spacial score (nSPS) is 21.3. The number of hydrogen-bond acceptors (Lipinski definition) is 6. The number of nitrogens with zero attached hydrogens (tertiary/aromatic N) is 3. The first-order valence-corrected chi connectivity index (χ1v) is 9.57. The van der Waals surface area contributed by atoms with Crippen LogP contribution in [0.3, 0.4) is 0 Å². The van der Waals surface area contributed by atoms with Gasteiger partial charge < -0.3 is 14.7 Å². The van der Waals surface area contributed by atoms with Crippen molar-refractivity contribution in [2.75, 3.05) is 14.1 Å². The number of ether oxygens (including phenoxy) is 1. The molecule has 3 aromatic rings. The van der Waals surface area contributed by atoms with Crippen LogP contribution in [0.25, 0.3) is 20.3 Å². The summed E-state index contributed by atoms with van der Waals surface area (Å²) in [4.78, 5) is 12.1. The Balaban J connectivity index is 1.65. The summed E-state index contributed by atoms with van der Waals surface area (Å²) in [5, 5.41) is 11.5. The van der Waals surface area contributed by atoms with Gasteiger partial charge in [-0.1, -0.05) is 6.07 Å². The van der Waals surface area contributed by atoms with E-state index < -0.39 is 0 Å². The van der Waals surface area contributed by atoms with Crippen LogP contribution in [-0.4, -0.2) is 46.2 Å². The molecule has 25 heavy (non-hydrogen) atoms. The maximum absolute atomic E-state index is 9.44. The number of hydrogen-bond donors (Lipinski definition) is 1. The highest BCUT2D eigenvalue weighted by Crippen LogP contribution is 2.38. The molecule has 0 unspecified atom stereocenters. The van der Waals surface area contributed by atoms with Crippen molar-refractivity contribution >= 4 is 31.6 Å². The van der Waals surface area contributed by atoms with Gasteiger partial charge in [0.25, 0.3) is 0 Å². The first-order chi connectivity index (χ1) is 12.2. The second-order valence-corrected chi connectivity index (χ2v) is 7.99. The third-order valence-electron chi connectivity index (χ3n) is 5.13. The molecular weight excluding hydrogens is 334 g/mol. The highest BCUT2D eigenvalue weighted by Gasteiger charge is 2.25. The quantitative estimate of drug-likeness (QED) is 0.773. The molecular formula is C19H23N3O2S. The third kappa shape index (κ3) is 3.21. The zero-order chi connectivity index (χ0) is 17.4. The average Bonchev–Trinajstić information content (AvgIpc) is 3.00. The molecule has 132 valence electrons. The van der Waals surface area contributed by atoms with Crippen molar-refractivity contribution < 1.29 is 9.84 Å². The Hall–Kier alpha value is -1.76. The van der Waals surface area contributed by atoms with Crippen molar-refractivity contribution in [3.8, 4) is 5.88 Å². The predicted octanol–water partition coefficient (Wildman–Crippen LogP) is 3.59. The Labute approximate surface area is 151 Å². The molecule has 1 N–H and O–H groups in total. The van der Waals surface area contributed by atoms with Crippen LogP contribution in [0, 0.1) is 0 Å². The Bertz CT molecular complexity index is 885. The van der Waals surface area contributed by atoms with Crippen molar-refractivity contribution in [1.29, 1.82) is 0 Å². The minimum Gasteiger partial charge on any atom is -0.474 e. The van der Waals surface area contributed by atoms with Crippen molar-refractivity contribution in [3.05, 3.63) is 30.1 Å². The second-order valence-electron chi connectivity index (χ2n) is 6.96. The van der Waals surface area contributed by atoms with Crippen LogP contribution in [0.2, 0.25) is 0 Å². The van der Waals surface area contributed by atoms with E-state index in [4.69, 9.17) is 4.74 Å². The molecule has 0 radical (unpaired) electrons. The smallest absolute Gasteiger partial charge is 0.226 e. The fraction of sp³-hybridized carbons (Fsp3) is 0.474. The fourth-order valence-corrected chi connectivity index (χ4v) is 4.67. The van der Waals surface area contributed by atoms with Gasteiger partial charge in [-0.2, -0.15) is 0 Å². The Morgan fingerprint density at radius 1 is 1.20 bits per heavy atom. The molecule has 2 aromatic heterocycles. The number of aliphatic hydroxyl groups excluding tert-OH is 1. The molecule has 1 aromatic carbocycles. The number of rotatable bonds is 4. The first-order valence-electron chi connectivity index (χ1n) is 8.76. The standard InChI is InChI=1S/C19H23N3O2S/c1-22(2)13-4-6-14(7-5-13)24-18-17-15-9-12(10-23)3-8-16(15)25-19(17)21-11-20-18/h3,8-9,11,13-14,23H,4-7,10H2,1-2H3/t13-,14-. The van der Waals surface area contributed by atoms with Crippen molar-refractivity contribution in [2.24, 2.45) is 0 Å². The molecule has 6 heteroatoms. The van der Waals surface area contributed by atoms with E-state index in [9.17, 15) is 5.11 Å². The molecule has 0 atom stereocenters. The van der Waals surface area contributed by atoms with Crippen LogP contribution in [0.1, 0.15) is 31.2 Å². The molecule has 0 saturated heterocycles. The van der Waals surface area contributed by atoms with Gasteiger partial charge in [0.1, 0.15) is 17.3 Å². The topological polar surface area (TPSA) is 58.5 Å². The maximum Gasteiger partial charge on any atom is 0.226 e. The van der Waals surface area contributed by atoms with E-state index in [-0.39, 0.29) is 12.7 Å². The number of thiophene rings is 1. The molecule has 1 fully saturated rings. The van der Waals surface area contributed by atoms with Gasteiger partial charge in [0.05, 0.1) is 12.0 Å². The van der Waals surface area contributed by atoms with Crippen LogP contribution in [0.15, 0.2) is 24.5 Å². The average molecular weight is 357 g/mol. The van der Waals surface area contributed by atoms with Gasteiger partial charge in [-0.3, -0.25) is 0 Å². The lowest BCUT2D eigenvalue weighted by molar-refractivity contribution is 0.108. The lowest BCUT2D eigenvalue weighted by Crippen LogP contribution is -2.35. The van der Waals surface area contributed by atoms with Gasteiger partial charge in [0.15, 0.2) is 0 Å². The maximum atomic E-state index is 9.44. The summed E-state index contributed by atoms with van der Waals surface area (Å²) in [5.41, 5.74) is 0.897. The SMILES string of the molecule is CN(C)[C@H]1CC[C@H](Oc2ncnc3sc4ccc(CO)cc4c23)CC1. The Morgan fingerprint density at radius 2 is 2.00 bits per heavy atom. The Kier molecular flexibility index (Phi) is 4.58. The molecule has 0 bridgehead atoms. The van der Waals surface area contributed by atoms with Crippen LogP contribution >= 0.6 is 11.3 Å². The van der Waals surface area contributed by atoms with Crippen LogP contribution < -0.4 is 4.74 Å². The van der Waals surface area contributed by atoms with Crippen molar-refractivity contribution in [2.45, 2.75) is 44.4 Å². The van der Waals surface area contributed by atoms with Gasteiger partial charge in [-0.25, -0.2) is 9.97 Å². The predicted molar refractivity (Wildman–Crippen MR) is 101 cm³/mol. The van der Waals surface area contributed by atoms with Crippen molar-refractivity contribution in [3.63, 3.8) is 0 Å². The lowest BCUT2D eigenvalue weighted by atomic mass is 9.92. The number of fused-ring (bicyclic) bond motifs is 3. The summed E-state index contributed by atoms with van der Waals surface area (Å²) in [5.74, 6) is 0.680. The van der Waals surface area contributed by atoms with E-state index in [1.807, 2.05) is 18.2 Å². The van der Waals surface area contributed by atoms with Gasteiger partial charge in [0.2, 0.25) is 5.88 Å². The largest absolute Gasteiger partial charge is 0.474 e. The number of aliphatic hydroxyl groups is 1. The zero-order valence-corrected chi connectivity index (χ0v) is 15.4. The van der Waals surface area contributed by atoms with Gasteiger partial charge in [-0.15, -0.1) is 11.3 Å². The summed E-state index contributed by atoms with van der Waals surface area (Å²) in [6.45, 7) is 0.0334. The summed E-state index contributed by atoms with van der Waals surface area (Å²) < 4.78 is 7.46. The van der Waals surface area contributed by atoms with E-state index >= 15 is 0 Å². The minimum absolute atomic E-state index is 0.0334. The van der Waals surface area contributed by atoms with E-state index in [0.29, 0.717) is 11.9 Å². The molecule has 2 heterocycles. The summed E-state index contributed by atoms with van der Waals surface area (Å²) in [7, 11) is 4.30. The molecule has 4 rings (SSSR count). The van der Waals surface area contributed by atoms with E-state index in [1.54, 1.807) is 17.7 Å². The van der Waals surface area contributed by atoms with Gasteiger partial charge in [0, 0.05) is 16.1 Å². The molecule has 1 aliphatic rings. The Morgan fingerprint density at radius 3 is 2.72 bits per heavy atom. The van der Waals surface area contributed by atoms with Gasteiger partial charge in [-0.05, 0) is 57.5 Å². The molecule has 1 saturated carbocycles. The van der Waals surface area contributed by atoms with Gasteiger partial charge >= 0.3 is 0 Å². The first kappa shape index (κ1) is 16.7. The molecule has 0 spiro atoms. The molecule has 5 nitrogen and oxygen atoms in total. The number of benzene rings is 1. The van der Waals surface area contributed by atoms with E-state index in [1.165, 1.54) is 0 Å². The van der Waals surface area contributed by atoms with E-state index in [2.05, 4.69) is 29.0 Å². The monoisotopic (exact) mass is 357 g/mol. The lowest BCUT2D eigenvalue weighted by Gasteiger charge is -2.32. The zero-order valence-electron chi connectivity index (χ0n) is 14.6. The van der Waals surface area contributed by atoms with E-state index in [0.717, 1.165) is 51.5 Å². The summed E-state index contributed by atoms with van der Waals surface area (Å²) in [6.07, 6.45) is 6.23. The minimum atomic E-state index is 0.0334. The summed E-state index contributed by atoms with van der Waals surface area (Å²) >= 11 is 1.64. The third-order valence-corrected chi connectivity index (χ3v) is 6.21. The summed E-state index contributed by atoms with van der Waals surface area (Å²) in [6, 6.07) is 6.67. The molecule has 0 aliphatic heterocycles. The molecule has 0 amide bonds. The van der Waals surface area contributed by atoms with Crippen LogP contribution in [0.5, 0.6) is 5.88 Å². The second kappa shape index (κ2) is 6.86. The van der Waals surface area contributed by atoms with Crippen molar-refractivity contribution in [1.82, 2.24) is 14.9 Å². The number of aromatic nitrogens is 2. The highest BCUT2D eigenvalue weighted by atomic mass is 32.1. The fourth-order valence-electron chi connectivity index (χ4n) is 3.65. The van der Waals surface area contributed by atoms with Crippen LogP contribution in [-0.2, 0) is 6.61 Å². The highest BCUT2D eigenvalue weighted by molar-refractivity contribution is 7.25. The molecule has 1 aliphatic carbocycles.